The van der Waals surface area contributed by atoms with Crippen molar-refractivity contribution in [3.05, 3.63) is 96.2 Å². The SMILES string of the molecule is CCOC(=O)C1=C(C)N=c2s/c(=C\c3ccc(C(=O)OC)cc3)c(=O)n2[C@@H]1c1ccc(OC(C)=O)cc1. The number of carbonyl (C=O) groups is 3. The summed E-state index contributed by atoms with van der Waals surface area (Å²) in [5.41, 5.74) is 2.10. The van der Waals surface area contributed by atoms with Crippen LogP contribution in [0.4, 0.5) is 0 Å². The zero-order valence-corrected chi connectivity index (χ0v) is 21.5. The van der Waals surface area contributed by atoms with Gasteiger partial charge in [0, 0.05) is 6.92 Å². The van der Waals surface area contributed by atoms with Gasteiger partial charge in [-0.25, -0.2) is 14.6 Å². The molecule has 0 amide bonds. The summed E-state index contributed by atoms with van der Waals surface area (Å²) < 4.78 is 17.0. The molecule has 0 N–H and O–H groups in total. The Morgan fingerprint density at radius 3 is 2.32 bits per heavy atom. The Kier molecular flexibility index (Phi) is 7.49. The number of allylic oxidation sites excluding steroid dienone is 1. The highest BCUT2D eigenvalue weighted by Crippen LogP contribution is 2.31. The zero-order chi connectivity index (χ0) is 26.7. The third kappa shape index (κ3) is 5.29. The first kappa shape index (κ1) is 25.8. The van der Waals surface area contributed by atoms with Gasteiger partial charge >= 0.3 is 17.9 Å². The molecule has 1 aliphatic heterocycles. The van der Waals surface area contributed by atoms with Gasteiger partial charge in [0.15, 0.2) is 4.80 Å². The Labute approximate surface area is 215 Å². The van der Waals surface area contributed by atoms with Crippen molar-refractivity contribution in [1.29, 1.82) is 0 Å². The Balaban J connectivity index is 1.85. The van der Waals surface area contributed by atoms with Gasteiger partial charge in [0.2, 0.25) is 0 Å². The first-order chi connectivity index (χ1) is 17.7. The molecule has 9 nitrogen and oxygen atoms in total. The van der Waals surface area contributed by atoms with Crippen molar-refractivity contribution in [3.63, 3.8) is 0 Å². The number of hydrogen-bond donors (Lipinski definition) is 0. The van der Waals surface area contributed by atoms with Crippen molar-refractivity contribution in [3.8, 4) is 5.75 Å². The van der Waals surface area contributed by atoms with Gasteiger partial charge in [-0.3, -0.25) is 14.2 Å². The average Bonchev–Trinajstić information content (AvgIpc) is 3.17. The normalized spacial score (nSPS) is 15.0. The number of thiazole rings is 1. The van der Waals surface area contributed by atoms with E-state index in [2.05, 4.69) is 4.99 Å². The van der Waals surface area contributed by atoms with Crippen molar-refractivity contribution in [2.45, 2.75) is 26.8 Å². The maximum atomic E-state index is 13.6. The van der Waals surface area contributed by atoms with Gasteiger partial charge in [0.05, 0.1) is 41.1 Å². The quantitative estimate of drug-likeness (QED) is 0.363. The van der Waals surface area contributed by atoms with Crippen molar-refractivity contribution in [2.24, 2.45) is 4.99 Å². The maximum absolute atomic E-state index is 13.6. The predicted octanol–water partition coefficient (Wildman–Crippen LogP) is 2.51. The molecule has 3 aromatic rings. The summed E-state index contributed by atoms with van der Waals surface area (Å²) in [4.78, 5) is 54.6. The second kappa shape index (κ2) is 10.8. The van der Waals surface area contributed by atoms with E-state index in [0.29, 0.717) is 37.5 Å². The monoisotopic (exact) mass is 520 g/mol. The van der Waals surface area contributed by atoms with E-state index >= 15 is 0 Å². The minimum Gasteiger partial charge on any atom is -0.465 e. The number of aromatic nitrogens is 1. The average molecular weight is 521 g/mol. The number of rotatable bonds is 6. The molecule has 0 aliphatic carbocycles. The first-order valence-electron chi connectivity index (χ1n) is 11.4. The Morgan fingerprint density at radius 2 is 1.73 bits per heavy atom. The fraction of sp³-hybridized carbons (Fsp3) is 0.222. The number of hydrogen-bond acceptors (Lipinski definition) is 9. The molecule has 0 spiro atoms. The molecule has 1 atom stereocenters. The molecule has 0 fully saturated rings. The van der Waals surface area contributed by atoms with Crippen LogP contribution in [0.25, 0.3) is 6.08 Å². The summed E-state index contributed by atoms with van der Waals surface area (Å²) in [5.74, 6) is -1.13. The van der Waals surface area contributed by atoms with Crippen LogP contribution in [0.2, 0.25) is 0 Å². The van der Waals surface area contributed by atoms with E-state index in [-0.39, 0.29) is 17.7 Å². The second-order valence-electron chi connectivity index (χ2n) is 8.08. The van der Waals surface area contributed by atoms with Gasteiger partial charge in [-0.1, -0.05) is 35.6 Å². The molecule has 0 saturated heterocycles. The largest absolute Gasteiger partial charge is 0.465 e. The van der Waals surface area contributed by atoms with Crippen molar-refractivity contribution in [2.75, 3.05) is 13.7 Å². The molecule has 0 bridgehead atoms. The van der Waals surface area contributed by atoms with Crippen LogP contribution in [0.15, 0.2) is 69.6 Å². The zero-order valence-electron chi connectivity index (χ0n) is 20.6. The lowest BCUT2D eigenvalue weighted by molar-refractivity contribution is -0.139. The van der Waals surface area contributed by atoms with Gasteiger partial charge in [-0.05, 0) is 55.3 Å². The number of fused-ring (bicyclic) bond motifs is 1. The number of benzene rings is 2. The van der Waals surface area contributed by atoms with E-state index < -0.39 is 23.9 Å². The molecular weight excluding hydrogens is 496 g/mol. The van der Waals surface area contributed by atoms with E-state index in [1.165, 1.54) is 29.9 Å². The molecule has 10 heteroatoms. The van der Waals surface area contributed by atoms with Gasteiger partial charge in [-0.2, -0.15) is 0 Å². The van der Waals surface area contributed by atoms with Crippen LogP contribution in [0, 0.1) is 0 Å². The van der Waals surface area contributed by atoms with E-state index in [1.54, 1.807) is 68.5 Å². The molecule has 2 aromatic carbocycles. The summed E-state index contributed by atoms with van der Waals surface area (Å²) in [5, 5.41) is 0. The lowest BCUT2D eigenvalue weighted by Gasteiger charge is -2.24. The van der Waals surface area contributed by atoms with Crippen LogP contribution >= 0.6 is 11.3 Å². The van der Waals surface area contributed by atoms with Crippen molar-refractivity contribution in [1.82, 2.24) is 4.57 Å². The van der Waals surface area contributed by atoms with E-state index in [9.17, 15) is 19.2 Å². The van der Waals surface area contributed by atoms with Gasteiger partial charge in [0.25, 0.3) is 5.56 Å². The smallest absolute Gasteiger partial charge is 0.338 e. The van der Waals surface area contributed by atoms with Gasteiger partial charge in [0.1, 0.15) is 5.75 Å². The van der Waals surface area contributed by atoms with Crippen LogP contribution in [0.5, 0.6) is 5.75 Å². The highest BCUT2D eigenvalue weighted by Gasteiger charge is 2.33. The number of methoxy groups -OCH3 is 1. The number of esters is 3. The lowest BCUT2D eigenvalue weighted by atomic mass is 9.96. The van der Waals surface area contributed by atoms with Crippen LogP contribution in [-0.4, -0.2) is 36.2 Å². The minimum atomic E-state index is -0.787. The van der Waals surface area contributed by atoms with E-state index in [0.717, 1.165) is 0 Å². The Morgan fingerprint density at radius 1 is 1.05 bits per heavy atom. The molecular formula is C27H24N2O7S. The molecule has 4 rings (SSSR count). The molecule has 1 aromatic heterocycles. The highest BCUT2D eigenvalue weighted by molar-refractivity contribution is 7.07. The Bertz CT molecular complexity index is 1580. The van der Waals surface area contributed by atoms with Crippen LogP contribution in [0.3, 0.4) is 0 Å². The van der Waals surface area contributed by atoms with Gasteiger partial charge < -0.3 is 14.2 Å². The number of ether oxygens (including phenoxy) is 3. The maximum Gasteiger partial charge on any atom is 0.338 e. The van der Waals surface area contributed by atoms with Crippen LogP contribution in [-0.2, 0) is 19.1 Å². The summed E-state index contributed by atoms with van der Waals surface area (Å²) >= 11 is 1.19. The summed E-state index contributed by atoms with van der Waals surface area (Å²) in [6, 6.07) is 12.5. The van der Waals surface area contributed by atoms with Gasteiger partial charge in [-0.15, -0.1) is 0 Å². The summed E-state index contributed by atoms with van der Waals surface area (Å²) in [6.07, 6.45) is 1.70. The summed E-state index contributed by atoms with van der Waals surface area (Å²) in [6.45, 7) is 4.88. The predicted molar refractivity (Wildman–Crippen MR) is 136 cm³/mol. The Hall–Kier alpha value is -4.31. The van der Waals surface area contributed by atoms with Crippen LogP contribution in [0.1, 0.15) is 48.3 Å². The first-order valence-corrected chi connectivity index (χ1v) is 12.2. The molecule has 1 aliphatic rings. The summed E-state index contributed by atoms with van der Waals surface area (Å²) in [7, 11) is 1.31. The van der Waals surface area contributed by atoms with Crippen molar-refractivity contribution >= 4 is 35.3 Å². The fourth-order valence-corrected chi connectivity index (χ4v) is 5.02. The third-order valence-electron chi connectivity index (χ3n) is 5.60. The molecule has 37 heavy (non-hydrogen) atoms. The van der Waals surface area contributed by atoms with Crippen LogP contribution < -0.4 is 19.6 Å². The molecule has 0 radical (unpaired) electrons. The molecule has 0 saturated carbocycles. The number of carbonyl (C=O) groups excluding carboxylic acids is 3. The topological polar surface area (TPSA) is 113 Å². The second-order valence-corrected chi connectivity index (χ2v) is 9.09. The van der Waals surface area contributed by atoms with E-state index in [4.69, 9.17) is 14.2 Å². The van der Waals surface area contributed by atoms with Crippen molar-refractivity contribution < 1.29 is 28.6 Å². The van der Waals surface area contributed by atoms with E-state index in [1.807, 2.05) is 0 Å². The fourth-order valence-electron chi connectivity index (χ4n) is 3.98. The standard InChI is InChI=1S/C27H24N2O7S/c1-5-35-26(33)22-15(2)28-27-29(23(22)18-10-12-20(13-11-18)36-16(3)30)24(31)21(37-27)14-17-6-8-19(9-7-17)25(32)34-4/h6-14,23H,5H2,1-4H3/b21-14-/t23-/m1/s1. The highest BCUT2D eigenvalue weighted by atomic mass is 32.1. The molecule has 190 valence electrons. The lowest BCUT2D eigenvalue weighted by Crippen LogP contribution is -2.39. The third-order valence-corrected chi connectivity index (χ3v) is 6.59. The number of nitrogens with zero attached hydrogens (tertiary/aromatic N) is 2. The molecule has 2 heterocycles. The molecule has 0 unspecified atom stereocenters. The minimum absolute atomic E-state index is 0.166.